The van der Waals surface area contributed by atoms with E-state index in [4.69, 9.17) is 12.2 Å². The second-order valence-electron chi connectivity index (χ2n) is 3.18. The van der Waals surface area contributed by atoms with Crippen LogP contribution in [-0.2, 0) is 9.59 Å². The third-order valence-corrected chi connectivity index (χ3v) is 2.70. The Morgan fingerprint density at radius 1 is 1.57 bits per heavy atom. The van der Waals surface area contributed by atoms with Gasteiger partial charge in [-0.25, -0.2) is 0 Å². The van der Waals surface area contributed by atoms with E-state index in [9.17, 15) is 9.59 Å². The summed E-state index contributed by atoms with van der Waals surface area (Å²) >= 11 is 4.98. The molecule has 2 heterocycles. The molecule has 0 radical (unpaired) electrons. The van der Waals surface area contributed by atoms with Crippen LogP contribution in [0.1, 0.15) is 12.5 Å². The van der Waals surface area contributed by atoms with E-state index in [0.29, 0.717) is 4.77 Å². The van der Waals surface area contributed by atoms with E-state index in [0.717, 1.165) is 4.90 Å². The minimum atomic E-state index is -0.466. The molecule has 1 aromatic rings. The number of nitrogens with zero attached hydrogens (tertiary/aromatic N) is 2. The summed E-state index contributed by atoms with van der Waals surface area (Å²) in [5, 5.41) is 0. The molecule has 0 saturated carbocycles. The molecule has 1 saturated heterocycles. The van der Waals surface area contributed by atoms with E-state index >= 15 is 0 Å². The minimum Gasteiger partial charge on any atom is -0.337 e. The van der Waals surface area contributed by atoms with Crippen molar-refractivity contribution in [1.29, 1.82) is 0 Å². The largest absolute Gasteiger partial charge is 0.337 e. The van der Waals surface area contributed by atoms with Gasteiger partial charge in [-0.1, -0.05) is 0 Å². The summed E-state index contributed by atoms with van der Waals surface area (Å²) in [5.74, 6) is -0.367. The van der Waals surface area contributed by atoms with Crippen molar-refractivity contribution in [3.63, 3.8) is 0 Å². The van der Waals surface area contributed by atoms with Gasteiger partial charge in [-0.3, -0.25) is 14.5 Å². The topological polar surface area (TPSA) is 58.1 Å². The van der Waals surface area contributed by atoms with Crippen LogP contribution in [0.3, 0.4) is 0 Å². The lowest BCUT2D eigenvalue weighted by Gasteiger charge is -2.09. The van der Waals surface area contributed by atoms with Crippen molar-refractivity contribution in [2.45, 2.75) is 12.5 Å². The first kappa shape index (κ1) is 9.14. The van der Waals surface area contributed by atoms with Gasteiger partial charge < -0.3 is 9.55 Å². The predicted octanol–water partition coefficient (Wildman–Crippen LogP) is 0.475. The number of carbonyl (C=O) groups is 2. The minimum absolute atomic E-state index is 0.164. The van der Waals surface area contributed by atoms with Crippen LogP contribution in [-0.4, -0.2) is 33.3 Å². The van der Waals surface area contributed by atoms with Gasteiger partial charge in [-0.05, 0) is 12.2 Å². The van der Waals surface area contributed by atoms with Crippen molar-refractivity contribution in [2.75, 3.05) is 7.05 Å². The summed E-state index contributed by atoms with van der Waals surface area (Å²) in [6.45, 7) is 0. The molecular formula is C8H9N3O2S. The molecule has 0 bridgehead atoms. The fourth-order valence-corrected chi connectivity index (χ4v) is 1.79. The van der Waals surface area contributed by atoms with Crippen LogP contribution in [0.25, 0.3) is 0 Å². The fraction of sp³-hybridized carbons (Fsp3) is 0.375. The molecule has 0 spiro atoms. The number of hydrogen-bond donors (Lipinski definition) is 1. The Hall–Kier alpha value is -1.43. The molecule has 74 valence electrons. The lowest BCUT2D eigenvalue weighted by Crippen LogP contribution is -2.26. The first-order valence-corrected chi connectivity index (χ1v) is 4.58. The van der Waals surface area contributed by atoms with Gasteiger partial charge in [0, 0.05) is 19.4 Å². The molecule has 2 amide bonds. The molecule has 0 aliphatic carbocycles. The Kier molecular flexibility index (Phi) is 1.99. The van der Waals surface area contributed by atoms with Crippen LogP contribution in [0, 0.1) is 4.77 Å². The predicted molar refractivity (Wildman–Crippen MR) is 51.0 cm³/mol. The van der Waals surface area contributed by atoms with Gasteiger partial charge in [0.2, 0.25) is 5.91 Å². The number of likely N-dealkylation sites (tertiary alicyclic amines) is 1. The van der Waals surface area contributed by atoms with E-state index < -0.39 is 6.04 Å². The van der Waals surface area contributed by atoms with Crippen molar-refractivity contribution in [3.8, 4) is 0 Å². The molecule has 1 aromatic heterocycles. The third kappa shape index (κ3) is 1.19. The van der Waals surface area contributed by atoms with Gasteiger partial charge in [0.15, 0.2) is 4.77 Å². The molecular weight excluding hydrogens is 202 g/mol. The molecule has 1 fully saturated rings. The Balaban J connectivity index is 2.39. The summed E-state index contributed by atoms with van der Waals surface area (Å²) in [5.41, 5.74) is 0. The van der Waals surface area contributed by atoms with Gasteiger partial charge >= 0.3 is 0 Å². The lowest BCUT2D eigenvalue weighted by molar-refractivity contribution is -0.137. The highest BCUT2D eigenvalue weighted by Gasteiger charge is 2.37. The van der Waals surface area contributed by atoms with Gasteiger partial charge in [0.1, 0.15) is 6.04 Å². The Labute approximate surface area is 85.3 Å². The first-order chi connectivity index (χ1) is 6.61. The van der Waals surface area contributed by atoms with Gasteiger partial charge in [-0.2, -0.15) is 0 Å². The zero-order valence-corrected chi connectivity index (χ0v) is 8.37. The maximum absolute atomic E-state index is 11.6. The number of hydrogen-bond acceptors (Lipinski definition) is 3. The number of imide groups is 1. The maximum atomic E-state index is 11.6. The van der Waals surface area contributed by atoms with Gasteiger partial charge in [0.25, 0.3) is 5.91 Å². The number of nitrogens with one attached hydrogen (secondary N) is 1. The Morgan fingerprint density at radius 2 is 2.29 bits per heavy atom. The van der Waals surface area contributed by atoms with E-state index in [2.05, 4.69) is 4.98 Å². The number of imidazole rings is 1. The number of aromatic nitrogens is 2. The van der Waals surface area contributed by atoms with E-state index in [1.54, 1.807) is 17.0 Å². The molecule has 1 atom stereocenters. The quantitative estimate of drug-likeness (QED) is 0.543. The number of rotatable bonds is 1. The molecule has 1 aliphatic rings. The summed E-state index contributed by atoms with van der Waals surface area (Å²) in [4.78, 5) is 26.8. The summed E-state index contributed by atoms with van der Waals surface area (Å²) in [7, 11) is 1.49. The zero-order chi connectivity index (χ0) is 10.3. The van der Waals surface area contributed by atoms with Crippen molar-refractivity contribution in [3.05, 3.63) is 17.2 Å². The monoisotopic (exact) mass is 211 g/mol. The van der Waals surface area contributed by atoms with Gasteiger partial charge in [0.05, 0.1) is 6.42 Å². The summed E-state index contributed by atoms with van der Waals surface area (Å²) < 4.78 is 2.07. The highest BCUT2D eigenvalue weighted by molar-refractivity contribution is 7.71. The average Bonchev–Trinajstić information content (AvgIpc) is 2.66. The molecule has 1 unspecified atom stereocenters. The Morgan fingerprint density at radius 3 is 2.71 bits per heavy atom. The number of amides is 2. The number of carbonyl (C=O) groups excluding carboxylic acids is 2. The van der Waals surface area contributed by atoms with E-state index in [1.165, 1.54) is 7.05 Å². The van der Waals surface area contributed by atoms with Crippen molar-refractivity contribution >= 4 is 24.0 Å². The van der Waals surface area contributed by atoms with Crippen LogP contribution in [0.5, 0.6) is 0 Å². The molecule has 1 aliphatic heterocycles. The molecule has 6 heteroatoms. The summed E-state index contributed by atoms with van der Waals surface area (Å²) in [6.07, 6.45) is 3.53. The average molecular weight is 211 g/mol. The molecule has 0 aromatic carbocycles. The molecule has 2 rings (SSSR count). The maximum Gasteiger partial charge on any atom is 0.252 e. The molecule has 1 N–H and O–H groups in total. The fourth-order valence-electron chi connectivity index (χ4n) is 1.53. The zero-order valence-electron chi connectivity index (χ0n) is 7.56. The molecule has 5 nitrogen and oxygen atoms in total. The highest BCUT2D eigenvalue weighted by atomic mass is 32.1. The van der Waals surface area contributed by atoms with E-state index in [1.807, 2.05) is 0 Å². The van der Waals surface area contributed by atoms with E-state index in [-0.39, 0.29) is 18.2 Å². The number of likely N-dealkylation sites (N-methyl/N-ethyl adjacent to an activating group) is 1. The van der Waals surface area contributed by atoms with Crippen molar-refractivity contribution in [1.82, 2.24) is 14.5 Å². The smallest absolute Gasteiger partial charge is 0.252 e. The van der Waals surface area contributed by atoms with Crippen LogP contribution >= 0.6 is 12.2 Å². The standard InChI is InChI=1S/C8H9N3O2S/c1-10-6(12)4-5(7(10)13)11-3-2-9-8(11)14/h2-3,5H,4H2,1H3,(H,9,14). The van der Waals surface area contributed by atoms with Crippen LogP contribution in [0.2, 0.25) is 0 Å². The SMILES string of the molecule is CN1C(=O)CC(n2cc[nH]c2=S)C1=O. The first-order valence-electron chi connectivity index (χ1n) is 4.17. The second-order valence-corrected chi connectivity index (χ2v) is 3.57. The van der Waals surface area contributed by atoms with Crippen LogP contribution in [0.4, 0.5) is 0 Å². The molecule has 14 heavy (non-hydrogen) atoms. The normalized spacial score (nSPS) is 22.1. The van der Waals surface area contributed by atoms with Crippen molar-refractivity contribution < 1.29 is 9.59 Å². The Bertz CT molecular complexity index is 447. The van der Waals surface area contributed by atoms with Crippen LogP contribution < -0.4 is 0 Å². The highest BCUT2D eigenvalue weighted by Crippen LogP contribution is 2.22. The number of aromatic amines is 1. The second kappa shape index (κ2) is 3.06. The third-order valence-electron chi connectivity index (χ3n) is 2.37. The van der Waals surface area contributed by atoms with Gasteiger partial charge in [-0.15, -0.1) is 0 Å². The van der Waals surface area contributed by atoms with Crippen LogP contribution in [0.15, 0.2) is 12.4 Å². The number of H-pyrrole nitrogens is 1. The summed E-state index contributed by atoms with van der Waals surface area (Å²) in [6, 6.07) is -0.466. The lowest BCUT2D eigenvalue weighted by atomic mass is 10.2. The van der Waals surface area contributed by atoms with Crippen molar-refractivity contribution in [2.24, 2.45) is 0 Å².